The van der Waals surface area contributed by atoms with Crippen LogP contribution in [0.3, 0.4) is 0 Å². The van der Waals surface area contributed by atoms with Crippen molar-refractivity contribution in [3.05, 3.63) is 23.8 Å². The minimum atomic E-state index is -0.302. The molecule has 0 fully saturated rings. The van der Waals surface area contributed by atoms with E-state index in [9.17, 15) is 9.90 Å². The fourth-order valence-corrected chi connectivity index (χ4v) is 1.31. The quantitative estimate of drug-likeness (QED) is 0.602. The Balaban J connectivity index is 2.59. The molecule has 5 nitrogen and oxygen atoms in total. The van der Waals surface area contributed by atoms with Crippen molar-refractivity contribution < 1.29 is 24.1 Å². The van der Waals surface area contributed by atoms with Gasteiger partial charge in [0.25, 0.3) is 0 Å². The molecule has 5 heteroatoms. The van der Waals surface area contributed by atoms with Crippen LogP contribution in [0.4, 0.5) is 0 Å². The maximum Gasteiger partial charge on any atom is 0.305 e. The lowest BCUT2D eigenvalue weighted by molar-refractivity contribution is -0.140. The van der Waals surface area contributed by atoms with E-state index in [2.05, 4.69) is 4.74 Å². The van der Waals surface area contributed by atoms with Crippen molar-refractivity contribution in [2.24, 2.45) is 0 Å². The Morgan fingerprint density at radius 1 is 1.35 bits per heavy atom. The first kappa shape index (κ1) is 13.3. The van der Waals surface area contributed by atoms with Crippen LogP contribution in [0, 0.1) is 0 Å². The van der Waals surface area contributed by atoms with Crippen molar-refractivity contribution in [1.82, 2.24) is 0 Å². The zero-order valence-electron chi connectivity index (χ0n) is 9.93. The van der Waals surface area contributed by atoms with Gasteiger partial charge in [0.1, 0.15) is 11.5 Å². The molecule has 0 spiro atoms. The summed E-state index contributed by atoms with van der Waals surface area (Å²) in [6.07, 6.45) is 0.672. The summed E-state index contributed by atoms with van der Waals surface area (Å²) in [6.45, 7) is 0.126. The van der Waals surface area contributed by atoms with Gasteiger partial charge in [0, 0.05) is 19.6 Å². The third kappa shape index (κ3) is 4.32. The number of phenolic OH excluding ortho intramolecular Hbond substituents is 1. The van der Waals surface area contributed by atoms with E-state index < -0.39 is 0 Å². The van der Waals surface area contributed by atoms with E-state index in [1.165, 1.54) is 20.3 Å². The van der Waals surface area contributed by atoms with E-state index in [-0.39, 0.29) is 24.9 Å². The van der Waals surface area contributed by atoms with Crippen molar-refractivity contribution in [2.45, 2.75) is 12.8 Å². The summed E-state index contributed by atoms with van der Waals surface area (Å²) in [4.78, 5) is 11.0. The summed E-state index contributed by atoms with van der Waals surface area (Å²) in [6, 6.07) is 4.92. The van der Waals surface area contributed by atoms with Gasteiger partial charge in [-0.1, -0.05) is 6.07 Å². The molecule has 0 unspecified atom stereocenters. The number of benzene rings is 1. The van der Waals surface area contributed by atoms with E-state index in [1.54, 1.807) is 12.1 Å². The summed E-state index contributed by atoms with van der Waals surface area (Å²) >= 11 is 0. The average Bonchev–Trinajstić information content (AvgIpc) is 2.34. The monoisotopic (exact) mass is 240 g/mol. The second-order valence-electron chi connectivity index (χ2n) is 3.42. The van der Waals surface area contributed by atoms with Gasteiger partial charge in [0.15, 0.2) is 6.79 Å². The van der Waals surface area contributed by atoms with Gasteiger partial charge < -0.3 is 19.3 Å². The van der Waals surface area contributed by atoms with Gasteiger partial charge >= 0.3 is 5.97 Å². The number of aromatic hydroxyl groups is 1. The van der Waals surface area contributed by atoms with E-state index in [1.807, 2.05) is 0 Å². The molecule has 0 aliphatic heterocycles. The first-order valence-corrected chi connectivity index (χ1v) is 5.17. The van der Waals surface area contributed by atoms with Crippen LogP contribution in [0.15, 0.2) is 18.2 Å². The predicted molar refractivity (Wildman–Crippen MR) is 60.9 cm³/mol. The minimum Gasteiger partial charge on any atom is -0.508 e. The predicted octanol–water partition coefficient (Wildman–Crippen LogP) is 1.48. The minimum absolute atomic E-state index is 0.0995. The smallest absolute Gasteiger partial charge is 0.305 e. The maximum absolute atomic E-state index is 11.0. The number of hydrogen-bond acceptors (Lipinski definition) is 5. The normalized spacial score (nSPS) is 10.0. The molecule has 0 heterocycles. The second-order valence-corrected chi connectivity index (χ2v) is 3.42. The molecule has 0 amide bonds. The fraction of sp³-hybridized carbons (Fsp3) is 0.417. The highest BCUT2D eigenvalue weighted by atomic mass is 16.7. The number of carbonyl (C=O) groups is 1. The lowest BCUT2D eigenvalue weighted by Crippen LogP contribution is -2.02. The Morgan fingerprint density at radius 2 is 2.12 bits per heavy atom. The Bertz CT molecular complexity index is 375. The van der Waals surface area contributed by atoms with Crippen LogP contribution in [0.1, 0.15) is 12.0 Å². The summed E-state index contributed by atoms with van der Waals surface area (Å²) in [7, 11) is 2.86. The van der Waals surface area contributed by atoms with Gasteiger partial charge in [-0.3, -0.25) is 4.79 Å². The standard InChI is InChI=1S/C12H16O5/c1-15-8-17-10-5-3-9(11(13)7-10)4-6-12(14)16-2/h3,5,7,13H,4,6,8H2,1-2H3. The van der Waals surface area contributed by atoms with Crippen LogP contribution in [0.2, 0.25) is 0 Å². The maximum atomic E-state index is 11.0. The molecule has 0 radical (unpaired) electrons. The molecular formula is C12H16O5. The Morgan fingerprint density at radius 3 is 2.71 bits per heavy atom. The largest absolute Gasteiger partial charge is 0.508 e. The molecule has 1 rings (SSSR count). The third-order valence-corrected chi connectivity index (χ3v) is 2.23. The number of hydrogen-bond donors (Lipinski definition) is 1. The molecule has 0 atom stereocenters. The molecule has 1 N–H and O–H groups in total. The molecule has 94 valence electrons. The molecular weight excluding hydrogens is 224 g/mol. The summed E-state index contributed by atoms with van der Waals surface area (Å²) < 4.78 is 14.4. The molecule has 1 aromatic rings. The number of rotatable bonds is 6. The number of methoxy groups -OCH3 is 2. The van der Waals surface area contributed by atoms with E-state index >= 15 is 0 Å². The van der Waals surface area contributed by atoms with Crippen molar-refractivity contribution in [3.8, 4) is 11.5 Å². The average molecular weight is 240 g/mol. The topological polar surface area (TPSA) is 65.0 Å². The van der Waals surface area contributed by atoms with Crippen molar-refractivity contribution in [1.29, 1.82) is 0 Å². The van der Waals surface area contributed by atoms with Gasteiger partial charge in [-0.05, 0) is 18.1 Å². The number of ether oxygens (including phenoxy) is 3. The number of aryl methyl sites for hydroxylation is 1. The Kier molecular flexibility index (Phi) is 5.29. The number of carbonyl (C=O) groups excluding carboxylic acids is 1. The second kappa shape index (κ2) is 6.75. The zero-order chi connectivity index (χ0) is 12.7. The summed E-state index contributed by atoms with van der Waals surface area (Å²) in [5, 5.41) is 9.70. The van der Waals surface area contributed by atoms with Gasteiger partial charge in [0.2, 0.25) is 0 Å². The van der Waals surface area contributed by atoms with Gasteiger partial charge in [-0.2, -0.15) is 0 Å². The third-order valence-electron chi connectivity index (χ3n) is 2.23. The van der Waals surface area contributed by atoms with E-state index in [0.717, 1.165) is 0 Å². The highest BCUT2D eigenvalue weighted by molar-refractivity contribution is 5.69. The first-order chi connectivity index (χ1) is 8.17. The molecule has 0 aliphatic rings. The van der Waals surface area contributed by atoms with E-state index in [4.69, 9.17) is 9.47 Å². The van der Waals surface area contributed by atoms with Crippen molar-refractivity contribution >= 4 is 5.97 Å². The lowest BCUT2D eigenvalue weighted by atomic mass is 10.1. The van der Waals surface area contributed by atoms with Gasteiger partial charge in [-0.25, -0.2) is 0 Å². The molecule has 0 saturated heterocycles. The molecule has 1 aromatic carbocycles. The van der Waals surface area contributed by atoms with Crippen molar-refractivity contribution in [3.63, 3.8) is 0 Å². The van der Waals surface area contributed by atoms with Crippen LogP contribution in [0.5, 0.6) is 11.5 Å². The first-order valence-electron chi connectivity index (χ1n) is 5.17. The Labute approximate surface area is 99.9 Å². The van der Waals surface area contributed by atoms with E-state index in [0.29, 0.717) is 17.7 Å². The van der Waals surface area contributed by atoms with Crippen LogP contribution in [0.25, 0.3) is 0 Å². The fourth-order valence-electron chi connectivity index (χ4n) is 1.31. The Hall–Kier alpha value is -1.75. The van der Waals surface area contributed by atoms with Crippen LogP contribution < -0.4 is 4.74 Å². The SMILES string of the molecule is COCOc1ccc(CCC(=O)OC)c(O)c1. The van der Waals surface area contributed by atoms with Gasteiger partial charge in [-0.15, -0.1) is 0 Å². The molecule has 0 saturated carbocycles. The molecule has 17 heavy (non-hydrogen) atoms. The number of esters is 1. The molecule has 0 bridgehead atoms. The lowest BCUT2D eigenvalue weighted by Gasteiger charge is -2.08. The highest BCUT2D eigenvalue weighted by Gasteiger charge is 2.07. The molecule has 0 aromatic heterocycles. The molecule has 0 aliphatic carbocycles. The van der Waals surface area contributed by atoms with Crippen LogP contribution in [-0.2, 0) is 20.7 Å². The van der Waals surface area contributed by atoms with Gasteiger partial charge in [0.05, 0.1) is 7.11 Å². The summed E-state index contributed by atoms with van der Waals surface area (Å²) in [5.74, 6) is 0.317. The van der Waals surface area contributed by atoms with Crippen LogP contribution >= 0.6 is 0 Å². The number of phenols is 1. The highest BCUT2D eigenvalue weighted by Crippen LogP contribution is 2.24. The zero-order valence-corrected chi connectivity index (χ0v) is 9.93. The van der Waals surface area contributed by atoms with Crippen LogP contribution in [-0.4, -0.2) is 32.1 Å². The summed E-state index contributed by atoms with van der Waals surface area (Å²) in [5.41, 5.74) is 0.681. The van der Waals surface area contributed by atoms with Crippen molar-refractivity contribution in [2.75, 3.05) is 21.0 Å².